The summed E-state index contributed by atoms with van der Waals surface area (Å²) in [5.74, 6) is -0.194. The van der Waals surface area contributed by atoms with Crippen LogP contribution in [0.4, 0.5) is 4.39 Å². The third-order valence-electron chi connectivity index (χ3n) is 4.93. The van der Waals surface area contributed by atoms with E-state index in [1.54, 1.807) is 12.1 Å². The van der Waals surface area contributed by atoms with Crippen molar-refractivity contribution in [1.82, 2.24) is 10.2 Å². The fourth-order valence-electron chi connectivity index (χ4n) is 3.45. The standard InChI is InChI=1S/C13H27.C7H4FN2.Sn/c1-4-7-10-13(11-8-5-2)12-9-6-3;8-6-2-1-5-4-9-10-7(5)3-6;/h4-12H2,1-3H3;1-3H,(H,9,10);. The molecule has 0 aliphatic rings. The van der Waals surface area contributed by atoms with E-state index >= 15 is 0 Å². The monoisotopic (exact) mass is 438 g/mol. The first-order valence-electron chi connectivity index (χ1n) is 9.56. The van der Waals surface area contributed by atoms with Gasteiger partial charge in [0.1, 0.15) is 0 Å². The minimum absolute atomic E-state index is 0.194. The van der Waals surface area contributed by atoms with E-state index < -0.39 is 21.1 Å². The molecule has 0 fully saturated rings. The number of hydrogen-bond donors (Lipinski definition) is 1. The summed E-state index contributed by atoms with van der Waals surface area (Å²) in [7, 11) is 0. The molecule has 0 atom stereocenters. The first kappa shape index (κ1) is 19.7. The first-order valence-corrected chi connectivity index (χ1v) is 12.4. The van der Waals surface area contributed by atoms with Gasteiger partial charge in [-0.3, -0.25) is 0 Å². The van der Waals surface area contributed by atoms with E-state index in [4.69, 9.17) is 0 Å². The van der Waals surface area contributed by atoms with E-state index in [0.717, 1.165) is 10.9 Å². The number of hydrogen-bond acceptors (Lipinski definition) is 1. The zero-order valence-corrected chi connectivity index (χ0v) is 18.3. The predicted molar refractivity (Wildman–Crippen MR) is 103 cm³/mol. The molecule has 1 aromatic heterocycles. The van der Waals surface area contributed by atoms with E-state index in [-0.39, 0.29) is 5.82 Å². The van der Waals surface area contributed by atoms with Gasteiger partial charge in [-0.1, -0.05) is 0 Å². The number of benzene rings is 1. The second kappa shape index (κ2) is 9.79. The second-order valence-corrected chi connectivity index (χ2v) is 12.1. The molecule has 0 aliphatic carbocycles. The number of rotatable bonds is 11. The molecule has 0 spiro atoms. The van der Waals surface area contributed by atoms with Crippen LogP contribution in [0, 0.1) is 5.82 Å². The summed E-state index contributed by atoms with van der Waals surface area (Å²) < 4.78 is 15.3. The van der Waals surface area contributed by atoms with Gasteiger partial charge in [0.2, 0.25) is 0 Å². The van der Waals surface area contributed by atoms with Crippen LogP contribution in [0.25, 0.3) is 10.9 Å². The first-order chi connectivity index (χ1) is 11.6. The van der Waals surface area contributed by atoms with E-state index in [9.17, 15) is 4.39 Å². The summed E-state index contributed by atoms with van der Waals surface area (Å²) in [5.41, 5.74) is 0.793. The number of aromatic amines is 1. The van der Waals surface area contributed by atoms with Gasteiger partial charge >= 0.3 is 156 Å². The second-order valence-electron chi connectivity index (χ2n) is 6.98. The van der Waals surface area contributed by atoms with Crippen LogP contribution in [0.1, 0.15) is 78.6 Å². The van der Waals surface area contributed by atoms with Crippen LogP contribution in [0.5, 0.6) is 0 Å². The van der Waals surface area contributed by atoms with Crippen molar-refractivity contribution in [1.29, 1.82) is 0 Å². The molecule has 0 amide bonds. The van der Waals surface area contributed by atoms with Gasteiger partial charge in [0.15, 0.2) is 0 Å². The summed E-state index contributed by atoms with van der Waals surface area (Å²) in [4.78, 5) is 0. The molecule has 2 nitrogen and oxygen atoms in total. The maximum absolute atomic E-state index is 13.4. The van der Waals surface area contributed by atoms with Crippen LogP contribution in [0.15, 0.2) is 18.2 Å². The molecular formula is C20H31FN2Sn. The molecule has 0 saturated heterocycles. The number of fused-ring (bicyclic) bond motifs is 1. The van der Waals surface area contributed by atoms with Gasteiger partial charge in [-0.2, -0.15) is 0 Å². The Labute approximate surface area is 156 Å². The maximum atomic E-state index is 13.4. The Bertz CT molecular complexity index is 601. The van der Waals surface area contributed by atoms with Gasteiger partial charge in [0.25, 0.3) is 0 Å². The Hall–Kier alpha value is -0.581. The van der Waals surface area contributed by atoms with Gasteiger partial charge in [0.05, 0.1) is 0 Å². The van der Waals surface area contributed by atoms with Gasteiger partial charge < -0.3 is 0 Å². The van der Waals surface area contributed by atoms with Gasteiger partial charge in [-0.15, -0.1) is 0 Å². The number of H-pyrrole nitrogens is 1. The van der Waals surface area contributed by atoms with Crippen LogP contribution in [0.3, 0.4) is 0 Å². The summed E-state index contributed by atoms with van der Waals surface area (Å²) in [6.45, 7) is 6.89. The molecule has 132 valence electrons. The number of nitrogens with zero attached hydrogens (tertiary/aromatic N) is 1. The molecule has 4 heteroatoms. The van der Waals surface area contributed by atoms with E-state index in [1.165, 1.54) is 61.5 Å². The molecule has 1 aromatic carbocycles. The predicted octanol–water partition coefficient (Wildman–Crippen LogP) is 5.76. The van der Waals surface area contributed by atoms with Crippen LogP contribution in [0.2, 0.25) is 3.43 Å². The quantitative estimate of drug-likeness (QED) is 0.445. The average molecular weight is 437 g/mol. The van der Waals surface area contributed by atoms with Crippen molar-refractivity contribution in [2.24, 2.45) is 0 Å². The van der Waals surface area contributed by atoms with Crippen molar-refractivity contribution in [3.05, 3.63) is 24.0 Å². The Balaban J connectivity index is 2.28. The van der Waals surface area contributed by atoms with Crippen molar-refractivity contribution in [3.63, 3.8) is 0 Å². The molecule has 0 unspecified atom stereocenters. The number of unbranched alkanes of at least 4 members (excludes halogenated alkanes) is 3. The van der Waals surface area contributed by atoms with Crippen molar-refractivity contribution < 1.29 is 4.39 Å². The molecule has 2 rings (SSSR count). The molecule has 0 aliphatic heterocycles. The van der Waals surface area contributed by atoms with Crippen LogP contribution in [-0.4, -0.2) is 31.3 Å². The summed E-state index contributed by atoms with van der Waals surface area (Å²) >= 11 is -0.841. The SMILES string of the molecule is CCCC[C](CCCC)(CCCC)[Sn][c]1[nH]nc2cc(F)ccc12. The minimum atomic E-state index is -0.841. The Morgan fingerprint density at radius 1 is 1.00 bits per heavy atom. The Kier molecular flexibility index (Phi) is 8.05. The van der Waals surface area contributed by atoms with Gasteiger partial charge in [-0.05, 0) is 0 Å². The third-order valence-corrected chi connectivity index (χ3v) is 10.4. The van der Waals surface area contributed by atoms with Crippen LogP contribution in [-0.2, 0) is 0 Å². The van der Waals surface area contributed by atoms with Gasteiger partial charge in [0, 0.05) is 0 Å². The number of aromatic nitrogens is 2. The normalized spacial score (nSPS) is 12.2. The molecule has 1 heterocycles. The Morgan fingerprint density at radius 3 is 2.12 bits per heavy atom. The van der Waals surface area contributed by atoms with Crippen molar-refractivity contribution in [2.45, 2.75) is 82.0 Å². The number of nitrogens with one attached hydrogen (secondary N) is 1. The molecule has 0 bridgehead atoms. The van der Waals surface area contributed by atoms with Crippen molar-refractivity contribution in [2.75, 3.05) is 0 Å². The van der Waals surface area contributed by atoms with Crippen molar-refractivity contribution >= 4 is 35.8 Å². The zero-order valence-electron chi connectivity index (χ0n) is 15.4. The summed E-state index contributed by atoms with van der Waals surface area (Å²) in [6.07, 6.45) is 11.9. The molecule has 24 heavy (non-hydrogen) atoms. The number of halogens is 1. The molecule has 0 saturated carbocycles. The Morgan fingerprint density at radius 2 is 1.58 bits per heavy atom. The fourth-order valence-corrected chi connectivity index (χ4v) is 8.86. The van der Waals surface area contributed by atoms with Crippen LogP contribution < -0.4 is 3.71 Å². The zero-order chi connectivity index (χ0) is 17.4. The fraction of sp³-hybridized carbons (Fsp3) is 0.650. The van der Waals surface area contributed by atoms with E-state index in [2.05, 4.69) is 31.0 Å². The van der Waals surface area contributed by atoms with E-state index in [1.807, 2.05) is 6.07 Å². The van der Waals surface area contributed by atoms with Crippen LogP contribution >= 0.6 is 0 Å². The summed E-state index contributed by atoms with van der Waals surface area (Å²) in [5, 5.41) is 8.83. The molecule has 2 radical (unpaired) electrons. The molecule has 2 aromatic rings. The third kappa shape index (κ3) is 5.21. The average Bonchev–Trinajstić information content (AvgIpc) is 2.97. The van der Waals surface area contributed by atoms with E-state index in [0.29, 0.717) is 3.43 Å². The van der Waals surface area contributed by atoms with Gasteiger partial charge in [-0.25, -0.2) is 0 Å². The topological polar surface area (TPSA) is 28.7 Å². The molecule has 1 N–H and O–H groups in total. The summed E-state index contributed by atoms with van der Waals surface area (Å²) in [6, 6.07) is 5.06. The molecular weight excluding hydrogens is 406 g/mol. The van der Waals surface area contributed by atoms with Crippen molar-refractivity contribution in [3.8, 4) is 0 Å².